The maximum absolute atomic E-state index is 9.71. The Labute approximate surface area is 177 Å². The number of hydrogen-bond acceptors (Lipinski definition) is 8. The van der Waals surface area contributed by atoms with Crippen molar-refractivity contribution in [1.29, 1.82) is 10.5 Å². The predicted molar refractivity (Wildman–Crippen MR) is 110 cm³/mol. The number of fused-ring (bicyclic) bond motifs is 1. The molecule has 0 fully saturated rings. The number of aryl methyl sites for hydroxylation is 2. The molecule has 0 amide bonds. The van der Waals surface area contributed by atoms with Crippen LogP contribution >= 0.6 is 11.8 Å². The molecular formula is C21H17N7OS. The van der Waals surface area contributed by atoms with Crippen LogP contribution in [0.25, 0.3) is 0 Å². The molecule has 148 valence electrons. The highest BCUT2D eigenvalue weighted by Gasteiger charge is 2.35. The molecule has 0 unspecified atom stereocenters. The average Bonchev–Trinajstić information content (AvgIpc) is 3.13. The van der Waals surface area contributed by atoms with Crippen LogP contribution in [0.5, 0.6) is 5.88 Å². The minimum absolute atomic E-state index is 0.0345. The molecule has 3 aromatic rings. The van der Waals surface area contributed by atoms with Gasteiger partial charge in [-0.25, -0.2) is 4.98 Å². The maximum atomic E-state index is 9.71. The van der Waals surface area contributed by atoms with Crippen LogP contribution in [0.4, 0.5) is 0 Å². The van der Waals surface area contributed by atoms with Crippen LogP contribution in [0.3, 0.4) is 0 Å². The van der Waals surface area contributed by atoms with Gasteiger partial charge in [-0.15, -0.1) is 5.10 Å². The summed E-state index contributed by atoms with van der Waals surface area (Å²) >= 11 is 1.43. The molecule has 3 N–H and O–H groups in total. The van der Waals surface area contributed by atoms with E-state index < -0.39 is 5.92 Å². The van der Waals surface area contributed by atoms with E-state index in [1.807, 2.05) is 32.0 Å². The highest BCUT2D eigenvalue weighted by Crippen LogP contribution is 2.43. The van der Waals surface area contributed by atoms with E-state index in [1.165, 1.54) is 11.8 Å². The molecule has 0 spiro atoms. The number of nitrogens with two attached hydrogens (primary N) is 1. The van der Waals surface area contributed by atoms with Crippen molar-refractivity contribution < 1.29 is 4.74 Å². The summed E-state index contributed by atoms with van der Waals surface area (Å²) in [4.78, 5) is 8.70. The van der Waals surface area contributed by atoms with Gasteiger partial charge in [0.05, 0.1) is 22.7 Å². The monoisotopic (exact) mass is 415 g/mol. The zero-order chi connectivity index (χ0) is 21.3. The summed E-state index contributed by atoms with van der Waals surface area (Å²) in [5.74, 6) is 0.396. The SMILES string of the molecule is Cc1cc(C)c(C#N)c(SCc2[nH]nc3c2[C@@H](c2cccnc2)C(C#N)=C(N)O3)n1. The molecule has 1 aliphatic rings. The number of nitrogens with zero attached hydrogens (tertiary/aromatic N) is 5. The molecule has 0 aromatic carbocycles. The predicted octanol–water partition coefficient (Wildman–Crippen LogP) is 3.20. The number of aromatic amines is 1. The van der Waals surface area contributed by atoms with Crippen molar-refractivity contribution in [2.24, 2.45) is 5.73 Å². The Balaban J connectivity index is 1.74. The Morgan fingerprint density at radius 1 is 1.30 bits per heavy atom. The second-order valence-electron chi connectivity index (χ2n) is 6.79. The van der Waals surface area contributed by atoms with Gasteiger partial charge < -0.3 is 10.5 Å². The number of pyridine rings is 2. The van der Waals surface area contributed by atoms with Gasteiger partial charge in [-0.05, 0) is 37.1 Å². The quantitative estimate of drug-likeness (QED) is 0.620. The van der Waals surface area contributed by atoms with Crippen LogP contribution in [0.1, 0.15) is 39.6 Å². The van der Waals surface area contributed by atoms with E-state index in [-0.39, 0.29) is 5.88 Å². The van der Waals surface area contributed by atoms with E-state index in [1.54, 1.807) is 12.4 Å². The third-order valence-electron chi connectivity index (χ3n) is 4.81. The number of thioether (sulfide) groups is 1. The summed E-state index contributed by atoms with van der Waals surface area (Å²) in [6, 6.07) is 9.98. The topological polar surface area (TPSA) is 137 Å². The summed E-state index contributed by atoms with van der Waals surface area (Å²) in [5, 5.41) is 27.1. The Hall–Kier alpha value is -3.82. The minimum atomic E-state index is -0.440. The molecule has 0 saturated carbocycles. The number of aromatic nitrogens is 4. The second kappa shape index (κ2) is 7.90. The van der Waals surface area contributed by atoms with E-state index in [0.717, 1.165) is 28.1 Å². The Kier molecular flexibility index (Phi) is 5.13. The molecular weight excluding hydrogens is 398 g/mol. The lowest BCUT2D eigenvalue weighted by Crippen LogP contribution is -2.21. The molecule has 30 heavy (non-hydrogen) atoms. The van der Waals surface area contributed by atoms with Gasteiger partial charge in [-0.1, -0.05) is 17.8 Å². The van der Waals surface area contributed by atoms with Gasteiger partial charge in [0.2, 0.25) is 11.8 Å². The number of nitriles is 2. The van der Waals surface area contributed by atoms with Gasteiger partial charge in [-0.3, -0.25) is 10.1 Å². The number of hydrogen-bond donors (Lipinski definition) is 2. The molecule has 3 aromatic heterocycles. The van der Waals surface area contributed by atoms with Crippen LogP contribution < -0.4 is 10.5 Å². The molecule has 1 aliphatic heterocycles. The van der Waals surface area contributed by atoms with Gasteiger partial charge >= 0.3 is 0 Å². The Bertz CT molecular complexity index is 1230. The third kappa shape index (κ3) is 3.36. The normalized spacial score (nSPS) is 15.1. The van der Waals surface area contributed by atoms with Crippen molar-refractivity contribution in [2.75, 3.05) is 0 Å². The van der Waals surface area contributed by atoms with Gasteiger partial charge in [0, 0.05) is 23.8 Å². The molecule has 4 rings (SSSR count). The second-order valence-corrected chi connectivity index (χ2v) is 7.76. The van der Waals surface area contributed by atoms with Crippen molar-refractivity contribution in [3.63, 3.8) is 0 Å². The van der Waals surface area contributed by atoms with Crippen LogP contribution in [0.2, 0.25) is 0 Å². The molecule has 0 saturated heterocycles. The summed E-state index contributed by atoms with van der Waals surface area (Å²) < 4.78 is 5.60. The van der Waals surface area contributed by atoms with E-state index in [0.29, 0.717) is 27.8 Å². The summed E-state index contributed by atoms with van der Waals surface area (Å²) in [7, 11) is 0. The minimum Gasteiger partial charge on any atom is -0.420 e. The molecule has 0 aliphatic carbocycles. The van der Waals surface area contributed by atoms with Gasteiger partial charge in [0.15, 0.2) is 0 Å². The fourth-order valence-corrected chi connectivity index (χ4v) is 4.54. The van der Waals surface area contributed by atoms with Gasteiger partial charge in [0.1, 0.15) is 22.7 Å². The number of nitrogens with one attached hydrogen (secondary N) is 1. The molecule has 1 atom stereocenters. The first-order chi connectivity index (χ1) is 14.5. The molecule has 0 bridgehead atoms. The van der Waals surface area contributed by atoms with E-state index in [2.05, 4.69) is 32.3 Å². The van der Waals surface area contributed by atoms with E-state index >= 15 is 0 Å². The standard InChI is InChI=1S/C21H17N7OS/c1-11-6-12(2)26-21(14(11)7-22)30-10-16-18-17(13-4-3-5-25-9-13)15(8-23)19(24)29-20(18)28-27-16/h3-6,9,17H,10,24H2,1-2H3,(H,27,28)/t17-/m0/s1. The average molecular weight is 415 g/mol. The van der Waals surface area contributed by atoms with Crippen molar-refractivity contribution in [3.05, 3.63) is 75.7 Å². The lowest BCUT2D eigenvalue weighted by atomic mass is 9.85. The Morgan fingerprint density at radius 2 is 2.13 bits per heavy atom. The largest absolute Gasteiger partial charge is 0.420 e. The van der Waals surface area contributed by atoms with Gasteiger partial charge in [-0.2, -0.15) is 10.5 Å². The third-order valence-corrected chi connectivity index (χ3v) is 5.81. The number of ether oxygens (including phenoxy) is 1. The highest BCUT2D eigenvalue weighted by molar-refractivity contribution is 7.98. The molecule has 8 nitrogen and oxygen atoms in total. The van der Waals surface area contributed by atoms with Crippen molar-refractivity contribution in [2.45, 2.75) is 30.5 Å². The smallest absolute Gasteiger partial charge is 0.244 e. The van der Waals surface area contributed by atoms with Crippen molar-refractivity contribution >= 4 is 11.8 Å². The number of rotatable bonds is 4. The summed E-state index contributed by atoms with van der Waals surface area (Å²) in [6.45, 7) is 3.80. The lowest BCUT2D eigenvalue weighted by Gasteiger charge is -2.23. The van der Waals surface area contributed by atoms with Crippen LogP contribution in [0, 0.1) is 36.5 Å². The van der Waals surface area contributed by atoms with Crippen molar-refractivity contribution in [3.8, 4) is 18.0 Å². The molecule has 0 radical (unpaired) electrons. The fourth-order valence-electron chi connectivity index (χ4n) is 3.48. The zero-order valence-corrected chi connectivity index (χ0v) is 17.1. The van der Waals surface area contributed by atoms with E-state index in [9.17, 15) is 10.5 Å². The molecule has 9 heteroatoms. The van der Waals surface area contributed by atoms with Crippen LogP contribution in [0.15, 0.2) is 47.1 Å². The Morgan fingerprint density at radius 3 is 2.83 bits per heavy atom. The first-order valence-corrected chi connectivity index (χ1v) is 10.1. The van der Waals surface area contributed by atoms with Crippen LogP contribution in [-0.4, -0.2) is 20.2 Å². The van der Waals surface area contributed by atoms with Gasteiger partial charge in [0.25, 0.3) is 0 Å². The lowest BCUT2D eigenvalue weighted by molar-refractivity contribution is 0.378. The maximum Gasteiger partial charge on any atom is 0.244 e. The molecule has 4 heterocycles. The summed E-state index contributed by atoms with van der Waals surface area (Å²) in [5.41, 5.74) is 10.9. The zero-order valence-electron chi connectivity index (χ0n) is 16.3. The number of allylic oxidation sites excluding steroid dienone is 1. The van der Waals surface area contributed by atoms with E-state index in [4.69, 9.17) is 10.5 Å². The number of H-pyrrole nitrogens is 1. The highest BCUT2D eigenvalue weighted by atomic mass is 32.2. The first kappa shape index (κ1) is 19.5. The van der Waals surface area contributed by atoms with Crippen LogP contribution in [-0.2, 0) is 5.75 Å². The van der Waals surface area contributed by atoms with Crippen molar-refractivity contribution in [1.82, 2.24) is 20.2 Å². The first-order valence-electron chi connectivity index (χ1n) is 9.09. The fraction of sp³-hybridized carbons (Fsp3) is 0.190. The summed E-state index contributed by atoms with van der Waals surface area (Å²) in [6.07, 6.45) is 3.37.